The van der Waals surface area contributed by atoms with Crippen LogP contribution in [0.5, 0.6) is 0 Å². The molecule has 0 aliphatic heterocycles. The highest BCUT2D eigenvalue weighted by Gasteiger charge is 2.19. The smallest absolute Gasteiger partial charge is 0.272 e. The SMILES string of the molecule is CN(C)CCCNC(=O)c1cc(NC(=O)c2cc(NC(=O)c3cc(NC(=N)c4ccc5ccccc5n4)cn3C)cn2C)cn1C. The van der Waals surface area contributed by atoms with Crippen LogP contribution >= 0.6 is 0 Å². The molecule has 13 heteroatoms. The van der Waals surface area contributed by atoms with Gasteiger partial charge in [0, 0.05) is 51.7 Å². The largest absolute Gasteiger partial charge is 0.351 e. The molecule has 0 fully saturated rings. The number of rotatable bonds is 11. The first kappa shape index (κ1) is 31.7. The molecule has 5 rings (SSSR count). The predicted octanol–water partition coefficient (Wildman–Crippen LogP) is 3.87. The van der Waals surface area contributed by atoms with E-state index < -0.39 is 5.91 Å². The highest BCUT2D eigenvalue weighted by atomic mass is 16.2. The Hall–Kier alpha value is -5.69. The summed E-state index contributed by atoms with van der Waals surface area (Å²) in [6.07, 6.45) is 5.87. The van der Waals surface area contributed by atoms with Crippen molar-refractivity contribution in [2.75, 3.05) is 43.1 Å². The molecule has 0 atom stereocenters. The molecule has 0 saturated heterocycles. The minimum absolute atomic E-state index is 0.105. The summed E-state index contributed by atoms with van der Waals surface area (Å²) in [7, 11) is 9.15. The van der Waals surface area contributed by atoms with Gasteiger partial charge in [-0.1, -0.05) is 24.3 Å². The third kappa shape index (κ3) is 7.33. The average Bonchev–Trinajstić information content (AvgIpc) is 3.69. The molecule has 13 nitrogen and oxygen atoms in total. The van der Waals surface area contributed by atoms with Gasteiger partial charge >= 0.3 is 0 Å². The van der Waals surface area contributed by atoms with E-state index in [4.69, 9.17) is 5.41 Å². The molecule has 0 radical (unpaired) electrons. The van der Waals surface area contributed by atoms with Crippen molar-refractivity contribution in [2.24, 2.45) is 21.1 Å². The zero-order chi connectivity index (χ0) is 33.0. The number of fused-ring (bicyclic) bond motifs is 1. The van der Waals surface area contributed by atoms with Crippen LogP contribution in [0.25, 0.3) is 10.9 Å². The molecule has 0 bridgehead atoms. The number of aryl methyl sites for hydroxylation is 3. The monoisotopic (exact) mass is 622 g/mol. The average molecular weight is 623 g/mol. The summed E-state index contributed by atoms with van der Waals surface area (Å²) in [5.74, 6) is -0.884. The number of amides is 3. The van der Waals surface area contributed by atoms with Crippen LogP contribution in [0.1, 0.15) is 43.6 Å². The zero-order valence-electron chi connectivity index (χ0n) is 26.5. The number of hydrogen-bond acceptors (Lipinski definition) is 6. The van der Waals surface area contributed by atoms with Crippen LogP contribution in [0.3, 0.4) is 0 Å². The minimum Gasteiger partial charge on any atom is -0.351 e. The normalized spacial score (nSPS) is 11.1. The van der Waals surface area contributed by atoms with Crippen LogP contribution in [0.15, 0.2) is 73.2 Å². The number of amidine groups is 1. The Labute approximate surface area is 266 Å². The van der Waals surface area contributed by atoms with Gasteiger partial charge in [0.1, 0.15) is 28.6 Å². The molecule has 5 aromatic rings. The molecule has 4 heterocycles. The first-order valence-corrected chi connectivity index (χ1v) is 14.7. The Balaban J connectivity index is 1.20. The quantitative estimate of drug-likeness (QED) is 0.0856. The van der Waals surface area contributed by atoms with Gasteiger partial charge in [0.05, 0.1) is 22.6 Å². The Morgan fingerprint density at radius 3 is 1.83 bits per heavy atom. The summed E-state index contributed by atoms with van der Waals surface area (Å²) in [5.41, 5.74) is 3.85. The van der Waals surface area contributed by atoms with Crippen molar-refractivity contribution in [1.82, 2.24) is 28.9 Å². The second kappa shape index (κ2) is 13.5. The molecule has 0 spiro atoms. The molecule has 0 aliphatic carbocycles. The summed E-state index contributed by atoms with van der Waals surface area (Å²) >= 11 is 0. The second-order valence-electron chi connectivity index (χ2n) is 11.4. The van der Waals surface area contributed by atoms with Gasteiger partial charge in [-0.2, -0.15) is 0 Å². The lowest BCUT2D eigenvalue weighted by atomic mass is 10.2. The number of benzene rings is 1. The van der Waals surface area contributed by atoms with E-state index in [9.17, 15) is 14.4 Å². The second-order valence-corrected chi connectivity index (χ2v) is 11.4. The standard InChI is InChI=1S/C33H38N10O3/c1-40(2)14-8-13-35-31(44)27-16-23(19-41(27)3)37-33(46)29-17-24(20-43(29)5)38-32(45)28-15-22(18-42(28)4)36-30(34)26-12-11-21-9-6-7-10-25(21)39-26/h6-7,9-12,15-20H,8,13-14H2,1-5H3,(H2,34,36)(H,35,44)(H,37,46)(H,38,45). The number of nitrogens with zero attached hydrogens (tertiary/aromatic N) is 5. The number of hydrogen-bond donors (Lipinski definition) is 5. The van der Waals surface area contributed by atoms with Crippen molar-refractivity contribution in [3.05, 3.63) is 96.0 Å². The van der Waals surface area contributed by atoms with E-state index in [-0.39, 0.29) is 17.6 Å². The van der Waals surface area contributed by atoms with Gasteiger partial charge in [-0.3, -0.25) is 19.8 Å². The van der Waals surface area contributed by atoms with Crippen LogP contribution in [-0.2, 0) is 21.1 Å². The molecular weight excluding hydrogens is 584 g/mol. The summed E-state index contributed by atoms with van der Waals surface area (Å²) in [6, 6.07) is 16.2. The van der Waals surface area contributed by atoms with Crippen LogP contribution in [-0.4, -0.2) is 74.3 Å². The van der Waals surface area contributed by atoms with E-state index in [1.165, 1.54) is 0 Å². The number of pyridine rings is 1. The molecule has 3 amide bonds. The molecular formula is C33H38N10O3. The molecule has 0 aliphatic rings. The highest BCUT2D eigenvalue weighted by molar-refractivity contribution is 6.09. The lowest BCUT2D eigenvalue weighted by Gasteiger charge is -2.10. The third-order valence-corrected chi connectivity index (χ3v) is 7.42. The fourth-order valence-corrected chi connectivity index (χ4v) is 5.07. The first-order chi connectivity index (χ1) is 22.0. The third-order valence-electron chi connectivity index (χ3n) is 7.42. The Morgan fingerprint density at radius 2 is 1.26 bits per heavy atom. The minimum atomic E-state index is -0.391. The number of nitrogens with one attached hydrogen (secondary N) is 5. The van der Waals surface area contributed by atoms with Crippen LogP contribution in [0.2, 0.25) is 0 Å². The summed E-state index contributed by atoms with van der Waals surface area (Å²) in [4.78, 5) is 45.5. The number of carbonyl (C=O) groups is 3. The van der Waals surface area contributed by atoms with Gasteiger partial charge in [-0.25, -0.2) is 4.98 Å². The molecule has 5 N–H and O–H groups in total. The fraction of sp³-hybridized carbons (Fsp3) is 0.242. The highest BCUT2D eigenvalue weighted by Crippen LogP contribution is 2.20. The molecule has 4 aromatic heterocycles. The van der Waals surface area contributed by atoms with Crippen molar-refractivity contribution >= 4 is 51.5 Å². The molecule has 0 saturated carbocycles. The van der Waals surface area contributed by atoms with E-state index in [0.717, 1.165) is 23.9 Å². The van der Waals surface area contributed by atoms with Crippen molar-refractivity contribution in [3.8, 4) is 0 Å². The van der Waals surface area contributed by atoms with Crippen LogP contribution in [0, 0.1) is 5.41 Å². The van der Waals surface area contributed by atoms with Crippen molar-refractivity contribution in [1.29, 1.82) is 5.41 Å². The number of anilines is 3. The van der Waals surface area contributed by atoms with Gasteiger partial charge in [0.25, 0.3) is 17.7 Å². The van der Waals surface area contributed by atoms with Crippen LogP contribution in [0.4, 0.5) is 17.1 Å². The molecule has 0 unspecified atom stereocenters. The molecule has 1 aromatic carbocycles. The van der Waals surface area contributed by atoms with Crippen molar-refractivity contribution in [3.63, 3.8) is 0 Å². The van der Waals surface area contributed by atoms with E-state index in [0.29, 0.717) is 46.4 Å². The maximum absolute atomic E-state index is 13.2. The van der Waals surface area contributed by atoms with Gasteiger partial charge in [0.15, 0.2) is 0 Å². The number of carbonyl (C=O) groups excluding carboxylic acids is 3. The Bertz CT molecular complexity index is 1930. The topological polar surface area (TPSA) is 154 Å². The Morgan fingerprint density at radius 1 is 0.739 bits per heavy atom. The number of para-hydroxylation sites is 1. The van der Waals surface area contributed by atoms with E-state index >= 15 is 0 Å². The van der Waals surface area contributed by atoms with Crippen molar-refractivity contribution < 1.29 is 14.4 Å². The maximum atomic E-state index is 13.2. The fourth-order valence-electron chi connectivity index (χ4n) is 5.07. The first-order valence-electron chi connectivity index (χ1n) is 14.7. The lowest BCUT2D eigenvalue weighted by molar-refractivity contribution is 0.0942. The summed E-state index contributed by atoms with van der Waals surface area (Å²) in [5, 5.41) is 21.1. The van der Waals surface area contributed by atoms with E-state index in [2.05, 4.69) is 31.2 Å². The Kier molecular flexibility index (Phi) is 9.33. The van der Waals surface area contributed by atoms with E-state index in [1.807, 2.05) is 44.4 Å². The van der Waals surface area contributed by atoms with Gasteiger partial charge in [-0.05, 0) is 57.4 Å². The maximum Gasteiger partial charge on any atom is 0.272 e. The van der Waals surface area contributed by atoms with Gasteiger partial charge in [-0.15, -0.1) is 0 Å². The summed E-state index contributed by atoms with van der Waals surface area (Å²) in [6.45, 7) is 1.42. The number of aromatic nitrogens is 4. The lowest BCUT2D eigenvalue weighted by Crippen LogP contribution is -2.28. The van der Waals surface area contributed by atoms with Crippen LogP contribution < -0.4 is 21.3 Å². The predicted molar refractivity (Wildman–Crippen MR) is 180 cm³/mol. The van der Waals surface area contributed by atoms with Crippen molar-refractivity contribution in [2.45, 2.75) is 6.42 Å². The summed E-state index contributed by atoms with van der Waals surface area (Å²) < 4.78 is 4.93. The zero-order valence-corrected chi connectivity index (χ0v) is 26.5. The van der Waals surface area contributed by atoms with Gasteiger partial charge < -0.3 is 39.9 Å². The van der Waals surface area contributed by atoms with Gasteiger partial charge in [0.2, 0.25) is 0 Å². The molecule has 238 valence electrons. The van der Waals surface area contributed by atoms with E-state index in [1.54, 1.807) is 77.7 Å². The molecule has 46 heavy (non-hydrogen) atoms.